The van der Waals surface area contributed by atoms with E-state index in [1.807, 2.05) is 18.2 Å². The van der Waals surface area contributed by atoms with Crippen LogP contribution < -0.4 is 10.1 Å². The molecule has 118 valence electrons. The molecule has 1 N–H and O–H groups in total. The van der Waals surface area contributed by atoms with Crippen LogP contribution in [0.1, 0.15) is 17.5 Å². The molecule has 3 rings (SSSR count). The normalized spacial score (nSPS) is 12.5. The Hall–Kier alpha value is -2.89. The van der Waals surface area contributed by atoms with Crippen molar-refractivity contribution in [2.24, 2.45) is 0 Å². The summed E-state index contributed by atoms with van der Waals surface area (Å²) in [6.45, 7) is -0.101. The number of nitrogens with one attached hydrogen (secondary N) is 1. The summed E-state index contributed by atoms with van der Waals surface area (Å²) in [4.78, 5) is 22.0. The van der Waals surface area contributed by atoms with E-state index in [1.165, 1.54) is 41.8 Å². The Balaban J connectivity index is 1.54. The highest BCUT2D eigenvalue weighted by atomic mass is 16.6. The lowest BCUT2D eigenvalue weighted by atomic mass is 10.1. The number of carbonyl (C=O) groups is 1. The van der Waals surface area contributed by atoms with E-state index >= 15 is 0 Å². The highest BCUT2D eigenvalue weighted by Gasteiger charge is 2.12. The molecule has 0 heterocycles. The van der Waals surface area contributed by atoms with Gasteiger partial charge < -0.3 is 10.1 Å². The van der Waals surface area contributed by atoms with Gasteiger partial charge in [-0.2, -0.15) is 0 Å². The summed E-state index contributed by atoms with van der Waals surface area (Å²) >= 11 is 0. The number of hydrogen-bond acceptors (Lipinski definition) is 4. The summed E-state index contributed by atoms with van der Waals surface area (Å²) in [5.74, 6) is 0.379. The molecule has 1 aliphatic carbocycles. The summed E-state index contributed by atoms with van der Waals surface area (Å²) in [6.07, 6.45) is 3.33. The van der Waals surface area contributed by atoms with Crippen LogP contribution in [0.4, 0.5) is 11.4 Å². The fourth-order valence-corrected chi connectivity index (χ4v) is 2.65. The van der Waals surface area contributed by atoms with E-state index in [4.69, 9.17) is 4.74 Å². The van der Waals surface area contributed by atoms with E-state index < -0.39 is 4.92 Å². The van der Waals surface area contributed by atoms with E-state index in [0.29, 0.717) is 11.4 Å². The largest absolute Gasteiger partial charge is 0.484 e. The Morgan fingerprint density at radius 2 is 1.87 bits per heavy atom. The quantitative estimate of drug-likeness (QED) is 0.679. The van der Waals surface area contributed by atoms with E-state index in [2.05, 4.69) is 5.32 Å². The third-order valence-corrected chi connectivity index (χ3v) is 3.80. The standard InChI is InChI=1S/C17H16N2O4/c20-17(18-14-5-7-15(8-6-14)19(21)22)11-23-16-9-4-12-2-1-3-13(12)10-16/h4-10H,1-3,11H2,(H,18,20). The lowest BCUT2D eigenvalue weighted by Gasteiger charge is -2.09. The Kier molecular flexibility index (Phi) is 4.23. The second kappa shape index (κ2) is 6.48. The Labute approximate surface area is 133 Å². The van der Waals surface area contributed by atoms with E-state index in [0.717, 1.165) is 12.8 Å². The van der Waals surface area contributed by atoms with Crippen molar-refractivity contribution in [3.63, 3.8) is 0 Å². The minimum Gasteiger partial charge on any atom is -0.484 e. The first-order chi connectivity index (χ1) is 11.1. The van der Waals surface area contributed by atoms with Gasteiger partial charge in [0.2, 0.25) is 0 Å². The highest BCUT2D eigenvalue weighted by molar-refractivity contribution is 5.91. The Morgan fingerprint density at radius 1 is 1.13 bits per heavy atom. The van der Waals surface area contributed by atoms with Crippen molar-refractivity contribution < 1.29 is 14.5 Å². The first kappa shape index (κ1) is 15.0. The molecule has 0 aromatic heterocycles. The van der Waals surface area contributed by atoms with Gasteiger partial charge in [0.05, 0.1) is 4.92 Å². The maximum Gasteiger partial charge on any atom is 0.269 e. The lowest BCUT2D eigenvalue weighted by molar-refractivity contribution is -0.384. The average molecular weight is 312 g/mol. The number of carbonyl (C=O) groups excluding carboxylic acids is 1. The van der Waals surface area contributed by atoms with Crippen LogP contribution >= 0.6 is 0 Å². The molecule has 23 heavy (non-hydrogen) atoms. The van der Waals surface area contributed by atoms with Gasteiger partial charge >= 0.3 is 0 Å². The molecule has 0 spiro atoms. The smallest absolute Gasteiger partial charge is 0.269 e. The molecule has 1 amide bonds. The second-order valence-corrected chi connectivity index (χ2v) is 5.42. The topological polar surface area (TPSA) is 81.5 Å². The molecule has 0 saturated carbocycles. The van der Waals surface area contributed by atoms with Crippen LogP contribution in [0.2, 0.25) is 0 Å². The number of aryl methyl sites for hydroxylation is 2. The third kappa shape index (κ3) is 3.66. The number of rotatable bonds is 5. The van der Waals surface area contributed by atoms with Gasteiger partial charge in [-0.05, 0) is 54.7 Å². The molecule has 6 nitrogen and oxygen atoms in total. The van der Waals surface area contributed by atoms with Crippen LogP contribution in [0.3, 0.4) is 0 Å². The maximum absolute atomic E-state index is 11.9. The van der Waals surface area contributed by atoms with Gasteiger partial charge in [0, 0.05) is 17.8 Å². The number of nitro groups is 1. The van der Waals surface area contributed by atoms with Gasteiger partial charge in [0.25, 0.3) is 11.6 Å². The van der Waals surface area contributed by atoms with E-state index in [1.54, 1.807) is 0 Å². The van der Waals surface area contributed by atoms with Crippen LogP contribution in [0.15, 0.2) is 42.5 Å². The van der Waals surface area contributed by atoms with Crippen molar-refractivity contribution in [3.8, 4) is 5.75 Å². The number of fused-ring (bicyclic) bond motifs is 1. The van der Waals surface area contributed by atoms with Gasteiger partial charge in [0.1, 0.15) is 5.75 Å². The molecule has 0 saturated heterocycles. The first-order valence-electron chi connectivity index (χ1n) is 7.41. The zero-order valence-corrected chi connectivity index (χ0v) is 12.5. The third-order valence-electron chi connectivity index (χ3n) is 3.80. The first-order valence-corrected chi connectivity index (χ1v) is 7.41. The van der Waals surface area contributed by atoms with Gasteiger partial charge in [-0.15, -0.1) is 0 Å². The monoisotopic (exact) mass is 312 g/mol. The van der Waals surface area contributed by atoms with Gasteiger partial charge in [0.15, 0.2) is 6.61 Å². The summed E-state index contributed by atoms with van der Waals surface area (Å²) in [7, 11) is 0. The van der Waals surface area contributed by atoms with Gasteiger partial charge in [-0.25, -0.2) is 0 Å². The second-order valence-electron chi connectivity index (χ2n) is 5.42. The number of hydrogen-bond donors (Lipinski definition) is 1. The molecular formula is C17H16N2O4. The minimum absolute atomic E-state index is 0.0163. The molecule has 0 radical (unpaired) electrons. The number of benzene rings is 2. The fourth-order valence-electron chi connectivity index (χ4n) is 2.65. The Morgan fingerprint density at radius 3 is 2.61 bits per heavy atom. The zero-order chi connectivity index (χ0) is 16.2. The highest BCUT2D eigenvalue weighted by Crippen LogP contribution is 2.26. The molecule has 2 aromatic carbocycles. The molecular weight excluding hydrogens is 296 g/mol. The fraction of sp³-hybridized carbons (Fsp3) is 0.235. The number of non-ortho nitro benzene ring substituents is 1. The molecule has 0 aliphatic heterocycles. The number of nitro benzene ring substituents is 1. The van der Waals surface area contributed by atoms with E-state index in [-0.39, 0.29) is 18.2 Å². The summed E-state index contributed by atoms with van der Waals surface area (Å²) < 4.78 is 5.51. The van der Waals surface area contributed by atoms with Crippen LogP contribution in [0, 0.1) is 10.1 Å². The SMILES string of the molecule is O=C(COc1ccc2c(c1)CCC2)Nc1ccc([N+](=O)[O-])cc1. The Bertz CT molecular complexity index is 741. The van der Waals surface area contributed by atoms with Crippen molar-refractivity contribution in [2.45, 2.75) is 19.3 Å². The number of amides is 1. The van der Waals surface area contributed by atoms with Crippen LogP contribution in [-0.2, 0) is 17.6 Å². The van der Waals surface area contributed by atoms with Crippen LogP contribution in [-0.4, -0.2) is 17.4 Å². The summed E-state index contributed by atoms with van der Waals surface area (Å²) in [5, 5.41) is 13.2. The van der Waals surface area contributed by atoms with Crippen molar-refractivity contribution in [3.05, 3.63) is 63.7 Å². The molecule has 0 bridgehead atoms. The number of ether oxygens (including phenoxy) is 1. The van der Waals surface area contributed by atoms with Gasteiger partial charge in [-0.1, -0.05) is 6.07 Å². The van der Waals surface area contributed by atoms with Crippen LogP contribution in [0.5, 0.6) is 5.75 Å². The van der Waals surface area contributed by atoms with Crippen molar-refractivity contribution in [1.82, 2.24) is 0 Å². The predicted octanol–water partition coefficient (Wildman–Crippen LogP) is 3.10. The minimum atomic E-state index is -0.484. The summed E-state index contributed by atoms with van der Waals surface area (Å²) in [5.41, 5.74) is 3.13. The summed E-state index contributed by atoms with van der Waals surface area (Å²) in [6, 6.07) is 11.6. The predicted molar refractivity (Wildman–Crippen MR) is 85.7 cm³/mol. The molecule has 6 heteroatoms. The molecule has 2 aromatic rings. The molecule has 0 unspecified atom stereocenters. The van der Waals surface area contributed by atoms with Crippen molar-refractivity contribution in [1.29, 1.82) is 0 Å². The van der Waals surface area contributed by atoms with Crippen LogP contribution in [0.25, 0.3) is 0 Å². The number of anilines is 1. The molecule has 1 aliphatic rings. The lowest BCUT2D eigenvalue weighted by Crippen LogP contribution is -2.20. The molecule has 0 atom stereocenters. The van der Waals surface area contributed by atoms with Crippen molar-refractivity contribution >= 4 is 17.3 Å². The maximum atomic E-state index is 11.9. The zero-order valence-electron chi connectivity index (χ0n) is 12.5. The van der Waals surface area contributed by atoms with E-state index in [9.17, 15) is 14.9 Å². The van der Waals surface area contributed by atoms with Crippen molar-refractivity contribution in [2.75, 3.05) is 11.9 Å². The number of nitrogens with zero attached hydrogens (tertiary/aromatic N) is 1. The molecule has 0 fully saturated rings. The average Bonchev–Trinajstić information content (AvgIpc) is 3.01. The van der Waals surface area contributed by atoms with Gasteiger partial charge in [-0.3, -0.25) is 14.9 Å².